The van der Waals surface area contributed by atoms with Crippen LogP contribution >= 0.6 is 11.6 Å². The van der Waals surface area contributed by atoms with Gasteiger partial charge >= 0.3 is 5.97 Å². The number of halogens is 1. The van der Waals surface area contributed by atoms with Gasteiger partial charge in [0.05, 0.1) is 23.9 Å². The number of likely N-dealkylation sites (N-methyl/N-ethyl adjacent to an activating group) is 1. The number of hydrogen-bond donors (Lipinski definition) is 1. The normalized spacial score (nSPS) is 12.3. The Kier molecular flexibility index (Phi) is 6.62. The van der Waals surface area contributed by atoms with Gasteiger partial charge in [-0.1, -0.05) is 29.8 Å². The Hall–Kier alpha value is -2.11. The summed E-state index contributed by atoms with van der Waals surface area (Å²) in [6.45, 7) is 7.99. The molecule has 2 aromatic rings. The van der Waals surface area contributed by atoms with Gasteiger partial charge in [-0.25, -0.2) is 4.79 Å². The molecule has 26 heavy (non-hydrogen) atoms. The van der Waals surface area contributed by atoms with Crippen LogP contribution in [-0.4, -0.2) is 41.3 Å². The molecule has 0 aliphatic rings. The van der Waals surface area contributed by atoms with Crippen LogP contribution in [0.15, 0.2) is 24.3 Å². The van der Waals surface area contributed by atoms with Crippen molar-refractivity contribution < 1.29 is 14.3 Å². The number of nitrogens with one attached hydrogen (secondary N) is 1. The fraction of sp³-hybridized carbons (Fsp3) is 0.400. The molecule has 0 aliphatic heterocycles. The number of aromatic amines is 1. The summed E-state index contributed by atoms with van der Waals surface area (Å²) < 4.78 is 5.09. The maximum atomic E-state index is 13.0. The van der Waals surface area contributed by atoms with Crippen molar-refractivity contribution in [3.8, 4) is 0 Å². The second-order valence-corrected chi connectivity index (χ2v) is 6.80. The summed E-state index contributed by atoms with van der Waals surface area (Å²) in [6, 6.07) is 7.20. The largest absolute Gasteiger partial charge is 0.462 e. The molecule has 1 aromatic heterocycles. The SMILES string of the molecule is CCOC(=O)c1c(C)[nH]c(C(=O)[C@H](C)N(C)Cc2ccccc2Cl)c1C. The zero-order chi connectivity index (χ0) is 19.4. The van der Waals surface area contributed by atoms with E-state index in [4.69, 9.17) is 16.3 Å². The molecule has 0 saturated heterocycles. The van der Waals surface area contributed by atoms with Crippen LogP contribution in [0.3, 0.4) is 0 Å². The van der Waals surface area contributed by atoms with E-state index in [-0.39, 0.29) is 11.8 Å². The van der Waals surface area contributed by atoms with E-state index in [9.17, 15) is 9.59 Å². The summed E-state index contributed by atoms with van der Waals surface area (Å²) in [5.41, 5.74) is 3.12. The molecule has 140 valence electrons. The van der Waals surface area contributed by atoms with Crippen LogP contribution in [0.4, 0.5) is 0 Å². The molecule has 1 aromatic carbocycles. The van der Waals surface area contributed by atoms with Crippen LogP contribution < -0.4 is 0 Å². The summed E-state index contributed by atoms with van der Waals surface area (Å²) in [4.78, 5) is 30.1. The Morgan fingerprint density at radius 1 is 1.27 bits per heavy atom. The van der Waals surface area contributed by atoms with Crippen LogP contribution in [0, 0.1) is 13.8 Å². The molecule has 0 bridgehead atoms. The number of aryl methyl sites for hydroxylation is 1. The van der Waals surface area contributed by atoms with Crippen molar-refractivity contribution >= 4 is 23.4 Å². The second kappa shape index (κ2) is 8.52. The third kappa shape index (κ3) is 4.17. The van der Waals surface area contributed by atoms with Crippen LogP contribution in [0.25, 0.3) is 0 Å². The molecule has 0 amide bonds. The lowest BCUT2D eigenvalue weighted by atomic mass is 10.0. The number of carbonyl (C=O) groups is 2. The third-order valence-corrected chi connectivity index (χ3v) is 4.95. The monoisotopic (exact) mass is 376 g/mol. The molecule has 0 radical (unpaired) electrons. The van der Waals surface area contributed by atoms with E-state index >= 15 is 0 Å². The van der Waals surface area contributed by atoms with Gasteiger partial charge in [-0.3, -0.25) is 9.69 Å². The molecule has 6 heteroatoms. The first-order chi connectivity index (χ1) is 12.3. The molecule has 1 heterocycles. The first-order valence-electron chi connectivity index (χ1n) is 8.62. The summed E-state index contributed by atoms with van der Waals surface area (Å²) in [6.07, 6.45) is 0. The van der Waals surface area contributed by atoms with Gasteiger partial charge in [0.1, 0.15) is 0 Å². The van der Waals surface area contributed by atoms with Crippen LogP contribution in [-0.2, 0) is 11.3 Å². The summed E-state index contributed by atoms with van der Waals surface area (Å²) in [5, 5.41) is 0.676. The molecule has 1 atom stereocenters. The number of esters is 1. The van der Waals surface area contributed by atoms with Crippen molar-refractivity contribution in [3.63, 3.8) is 0 Å². The number of benzene rings is 1. The number of hydrogen-bond acceptors (Lipinski definition) is 4. The molecule has 1 N–H and O–H groups in total. The lowest BCUT2D eigenvalue weighted by Crippen LogP contribution is -2.36. The number of carbonyl (C=O) groups excluding carboxylic acids is 2. The Balaban J connectivity index is 2.21. The van der Waals surface area contributed by atoms with E-state index < -0.39 is 5.97 Å². The number of nitrogens with zero attached hydrogens (tertiary/aromatic N) is 1. The van der Waals surface area contributed by atoms with Crippen molar-refractivity contribution in [2.45, 2.75) is 40.3 Å². The number of rotatable bonds is 7. The van der Waals surface area contributed by atoms with Gasteiger partial charge in [-0.2, -0.15) is 0 Å². The predicted molar refractivity (Wildman–Crippen MR) is 103 cm³/mol. The van der Waals surface area contributed by atoms with Gasteiger partial charge in [0.2, 0.25) is 0 Å². The van der Waals surface area contributed by atoms with Crippen LogP contribution in [0.5, 0.6) is 0 Å². The number of H-pyrrole nitrogens is 1. The van der Waals surface area contributed by atoms with Gasteiger partial charge in [-0.05, 0) is 51.9 Å². The Morgan fingerprint density at radius 2 is 1.92 bits per heavy atom. The molecule has 2 rings (SSSR count). The number of ketones is 1. The minimum absolute atomic E-state index is 0.0734. The molecule has 0 saturated carbocycles. The first-order valence-corrected chi connectivity index (χ1v) is 8.99. The van der Waals surface area contributed by atoms with Gasteiger partial charge in [0.25, 0.3) is 0 Å². The molecular weight excluding hydrogens is 352 g/mol. The second-order valence-electron chi connectivity index (χ2n) is 6.39. The minimum atomic E-state index is -0.408. The Labute approximate surface area is 159 Å². The zero-order valence-corrected chi connectivity index (χ0v) is 16.6. The van der Waals surface area contributed by atoms with Gasteiger partial charge < -0.3 is 9.72 Å². The van der Waals surface area contributed by atoms with E-state index in [0.29, 0.717) is 40.7 Å². The molecule has 0 fully saturated rings. The van der Waals surface area contributed by atoms with Gasteiger partial charge in [0, 0.05) is 17.3 Å². The van der Waals surface area contributed by atoms with E-state index in [1.165, 1.54) is 0 Å². The highest BCUT2D eigenvalue weighted by Crippen LogP contribution is 2.23. The lowest BCUT2D eigenvalue weighted by Gasteiger charge is -2.24. The maximum absolute atomic E-state index is 13.0. The van der Waals surface area contributed by atoms with E-state index in [1.54, 1.807) is 20.8 Å². The van der Waals surface area contributed by atoms with Crippen molar-refractivity contribution in [1.82, 2.24) is 9.88 Å². The van der Waals surface area contributed by atoms with Crippen molar-refractivity contribution in [2.24, 2.45) is 0 Å². The quantitative estimate of drug-likeness (QED) is 0.582. The van der Waals surface area contributed by atoms with Crippen molar-refractivity contribution in [2.75, 3.05) is 13.7 Å². The first kappa shape index (κ1) is 20.2. The highest BCUT2D eigenvalue weighted by Gasteiger charge is 2.27. The highest BCUT2D eigenvalue weighted by molar-refractivity contribution is 6.31. The Morgan fingerprint density at radius 3 is 2.54 bits per heavy atom. The zero-order valence-electron chi connectivity index (χ0n) is 15.9. The average Bonchev–Trinajstić information content (AvgIpc) is 2.90. The van der Waals surface area contributed by atoms with E-state index in [2.05, 4.69) is 4.98 Å². The maximum Gasteiger partial charge on any atom is 0.340 e. The fourth-order valence-electron chi connectivity index (χ4n) is 2.95. The predicted octanol–water partition coefficient (Wildman–Crippen LogP) is 4.16. The average molecular weight is 377 g/mol. The number of Topliss-reactive ketones (excluding diaryl/α,β-unsaturated/α-hetero) is 1. The smallest absolute Gasteiger partial charge is 0.340 e. The van der Waals surface area contributed by atoms with E-state index in [1.807, 2.05) is 43.1 Å². The number of aromatic nitrogens is 1. The molecule has 5 nitrogen and oxygen atoms in total. The highest BCUT2D eigenvalue weighted by atomic mass is 35.5. The van der Waals surface area contributed by atoms with Crippen LogP contribution in [0.2, 0.25) is 5.02 Å². The third-order valence-electron chi connectivity index (χ3n) is 4.58. The standard InChI is InChI=1S/C20H25ClN2O3/c1-6-26-20(25)17-12(2)18(22-13(17)3)19(24)14(4)23(5)11-15-9-7-8-10-16(15)21/h7-10,14,22H,6,11H2,1-5H3/t14-/m0/s1. The topological polar surface area (TPSA) is 62.4 Å². The summed E-state index contributed by atoms with van der Waals surface area (Å²) >= 11 is 6.21. The fourth-order valence-corrected chi connectivity index (χ4v) is 3.14. The number of ether oxygens (including phenoxy) is 1. The molecule has 0 spiro atoms. The summed E-state index contributed by atoms with van der Waals surface area (Å²) in [5.74, 6) is -0.481. The molecule has 0 aliphatic carbocycles. The van der Waals surface area contributed by atoms with Gasteiger partial charge in [-0.15, -0.1) is 0 Å². The molecule has 0 unspecified atom stereocenters. The minimum Gasteiger partial charge on any atom is -0.462 e. The van der Waals surface area contributed by atoms with Crippen LogP contribution in [0.1, 0.15) is 51.5 Å². The van der Waals surface area contributed by atoms with Gasteiger partial charge in [0.15, 0.2) is 5.78 Å². The van der Waals surface area contributed by atoms with E-state index in [0.717, 1.165) is 5.56 Å². The summed E-state index contributed by atoms with van der Waals surface area (Å²) in [7, 11) is 1.88. The van der Waals surface area contributed by atoms with Crippen molar-refractivity contribution in [1.29, 1.82) is 0 Å². The van der Waals surface area contributed by atoms with Crippen molar-refractivity contribution in [3.05, 3.63) is 57.4 Å². The molecular formula is C20H25ClN2O3. The lowest BCUT2D eigenvalue weighted by molar-refractivity contribution is 0.0525. The Bertz CT molecular complexity index is 813.